The monoisotopic (exact) mass is 450 g/mol. The van der Waals surface area contributed by atoms with Crippen LogP contribution >= 0.6 is 0 Å². The first kappa shape index (κ1) is 22.5. The first-order valence-corrected chi connectivity index (χ1v) is 10.4. The summed E-state index contributed by atoms with van der Waals surface area (Å²) in [5.41, 5.74) is -1.72. The second kappa shape index (κ2) is 7.70. The van der Waals surface area contributed by atoms with E-state index in [0.717, 1.165) is 0 Å². The van der Waals surface area contributed by atoms with Crippen molar-refractivity contribution in [1.82, 2.24) is 0 Å². The van der Waals surface area contributed by atoms with Crippen LogP contribution < -0.4 is 0 Å². The third-order valence-electron chi connectivity index (χ3n) is 6.43. The molecule has 7 atom stereocenters. The van der Waals surface area contributed by atoms with Gasteiger partial charge in [-0.3, -0.25) is 4.79 Å². The lowest BCUT2D eigenvalue weighted by molar-refractivity contribution is -0.174. The second-order valence-electron chi connectivity index (χ2n) is 8.88. The van der Waals surface area contributed by atoms with E-state index in [1.807, 2.05) is 6.92 Å². The first-order valence-electron chi connectivity index (χ1n) is 10.4. The van der Waals surface area contributed by atoms with Gasteiger partial charge >= 0.3 is 23.9 Å². The standard InChI is InChI=1S/C22H26O10/c1-10-13-15(31-20(26)22(4)9-28-22)14(29-11(2)23)12(19(25)27-5)7-6-8-21(3)17(32-21)16(13)30-18(10)24/h7,13-17H,1,6,8-9H2,2-5H3/b12-7+/t13-,14+,15+,16-,17+,21-,22+/m1/s1. The van der Waals surface area contributed by atoms with E-state index in [4.69, 9.17) is 28.4 Å². The Balaban J connectivity index is 1.83. The lowest BCUT2D eigenvalue weighted by Crippen LogP contribution is -2.49. The Labute approximate surface area is 184 Å². The molecule has 0 aromatic heterocycles. The van der Waals surface area contributed by atoms with Crippen molar-refractivity contribution in [2.24, 2.45) is 5.92 Å². The fourth-order valence-corrected chi connectivity index (χ4v) is 4.35. The number of carbonyl (C=O) groups is 4. The van der Waals surface area contributed by atoms with Gasteiger partial charge < -0.3 is 28.4 Å². The van der Waals surface area contributed by atoms with Gasteiger partial charge in [0.1, 0.15) is 12.2 Å². The molecule has 3 heterocycles. The average molecular weight is 450 g/mol. The maximum absolute atomic E-state index is 12.8. The maximum atomic E-state index is 12.8. The number of esters is 4. The highest BCUT2D eigenvalue weighted by Crippen LogP contribution is 2.51. The molecule has 0 aromatic rings. The molecule has 3 aliphatic heterocycles. The van der Waals surface area contributed by atoms with Crippen molar-refractivity contribution >= 4 is 23.9 Å². The van der Waals surface area contributed by atoms with E-state index >= 15 is 0 Å². The van der Waals surface area contributed by atoms with Crippen molar-refractivity contribution in [2.75, 3.05) is 13.7 Å². The van der Waals surface area contributed by atoms with Gasteiger partial charge in [-0.2, -0.15) is 0 Å². The highest BCUT2D eigenvalue weighted by molar-refractivity contribution is 5.93. The van der Waals surface area contributed by atoms with E-state index in [1.165, 1.54) is 14.0 Å². The number of methoxy groups -OCH3 is 1. The summed E-state index contributed by atoms with van der Waals surface area (Å²) in [6.45, 7) is 8.59. The van der Waals surface area contributed by atoms with Crippen LogP contribution in [0, 0.1) is 5.92 Å². The van der Waals surface area contributed by atoms with E-state index in [-0.39, 0.29) is 17.8 Å². The number of carbonyl (C=O) groups excluding carboxylic acids is 4. The smallest absolute Gasteiger partial charge is 0.341 e. The minimum absolute atomic E-state index is 0.00373. The van der Waals surface area contributed by atoms with Gasteiger partial charge in [-0.1, -0.05) is 12.7 Å². The van der Waals surface area contributed by atoms with Gasteiger partial charge in [-0.15, -0.1) is 0 Å². The van der Waals surface area contributed by atoms with Crippen LogP contribution in [-0.2, 0) is 47.6 Å². The quantitative estimate of drug-likeness (QED) is 0.262. The number of allylic oxidation sites excluding steroid dienone is 1. The fourth-order valence-electron chi connectivity index (χ4n) is 4.35. The van der Waals surface area contributed by atoms with Gasteiger partial charge in [0.15, 0.2) is 17.8 Å². The van der Waals surface area contributed by atoms with Crippen LogP contribution in [0.1, 0.15) is 33.6 Å². The normalized spacial score (nSPS) is 41.8. The van der Waals surface area contributed by atoms with Gasteiger partial charge in [0, 0.05) is 12.5 Å². The molecule has 32 heavy (non-hydrogen) atoms. The molecule has 0 amide bonds. The topological polar surface area (TPSA) is 130 Å². The summed E-state index contributed by atoms with van der Waals surface area (Å²) in [7, 11) is 1.19. The Morgan fingerprint density at radius 1 is 1.22 bits per heavy atom. The van der Waals surface area contributed by atoms with Crippen LogP contribution in [0.3, 0.4) is 0 Å². The van der Waals surface area contributed by atoms with E-state index < -0.39 is 65.4 Å². The van der Waals surface area contributed by atoms with Crippen LogP contribution in [0.5, 0.6) is 0 Å². The van der Waals surface area contributed by atoms with Crippen LogP contribution in [0.25, 0.3) is 0 Å². The Hall–Kier alpha value is -2.72. The van der Waals surface area contributed by atoms with Crippen LogP contribution in [0.15, 0.2) is 23.8 Å². The number of ether oxygens (including phenoxy) is 6. The molecule has 0 spiro atoms. The molecule has 4 aliphatic rings. The third kappa shape index (κ3) is 3.81. The summed E-state index contributed by atoms with van der Waals surface area (Å²) < 4.78 is 32.8. The summed E-state index contributed by atoms with van der Waals surface area (Å²) in [6.07, 6.45) is -1.45. The van der Waals surface area contributed by atoms with E-state index in [9.17, 15) is 19.2 Å². The number of epoxide rings is 2. The Bertz CT molecular complexity index is 916. The molecule has 0 unspecified atom stereocenters. The minimum Gasteiger partial charge on any atom is -0.466 e. The predicted octanol–water partition coefficient (Wildman–Crippen LogP) is 0.767. The van der Waals surface area contributed by atoms with E-state index in [2.05, 4.69) is 6.58 Å². The molecule has 4 rings (SSSR count). The zero-order chi connectivity index (χ0) is 23.4. The molecule has 0 bridgehead atoms. The lowest BCUT2D eigenvalue weighted by Gasteiger charge is -2.34. The van der Waals surface area contributed by atoms with Crippen LogP contribution in [0.2, 0.25) is 0 Å². The maximum Gasteiger partial charge on any atom is 0.341 e. The molecule has 3 fully saturated rings. The molecule has 0 aromatic carbocycles. The first-order chi connectivity index (χ1) is 15.0. The molecule has 0 N–H and O–H groups in total. The molecule has 0 saturated carbocycles. The van der Waals surface area contributed by atoms with Crippen LogP contribution in [-0.4, -0.2) is 73.2 Å². The highest BCUT2D eigenvalue weighted by atomic mass is 16.7. The molecule has 3 saturated heterocycles. The SMILES string of the molecule is C=C1C(=O)O[C@@H]2[C@H]1[C@H](OC(=O)[C@]1(C)CO1)[C@@H](OC(C)=O)/C(C(=O)OC)=C\CC[C@@]1(C)O[C@@H]21. The Morgan fingerprint density at radius 2 is 1.91 bits per heavy atom. The van der Waals surface area contributed by atoms with Crippen molar-refractivity contribution in [1.29, 1.82) is 0 Å². The molecule has 1 aliphatic carbocycles. The highest BCUT2D eigenvalue weighted by Gasteiger charge is 2.65. The van der Waals surface area contributed by atoms with Gasteiger partial charge in [-0.05, 0) is 26.7 Å². The van der Waals surface area contributed by atoms with Gasteiger partial charge in [0.25, 0.3) is 0 Å². The second-order valence-corrected chi connectivity index (χ2v) is 8.88. The van der Waals surface area contributed by atoms with Gasteiger partial charge in [0.2, 0.25) is 0 Å². The summed E-state index contributed by atoms with van der Waals surface area (Å²) in [6, 6.07) is 0. The van der Waals surface area contributed by atoms with Gasteiger partial charge in [0.05, 0.1) is 30.8 Å². The molecule has 10 nitrogen and oxygen atoms in total. The zero-order valence-corrected chi connectivity index (χ0v) is 18.4. The van der Waals surface area contributed by atoms with Gasteiger partial charge in [-0.25, -0.2) is 14.4 Å². The third-order valence-corrected chi connectivity index (χ3v) is 6.43. The number of hydrogen-bond acceptors (Lipinski definition) is 10. The predicted molar refractivity (Wildman–Crippen MR) is 105 cm³/mol. The molecule has 10 heteroatoms. The minimum atomic E-state index is -1.35. The summed E-state index contributed by atoms with van der Waals surface area (Å²) >= 11 is 0. The van der Waals surface area contributed by atoms with Crippen molar-refractivity contribution in [3.63, 3.8) is 0 Å². The number of rotatable bonds is 4. The van der Waals surface area contributed by atoms with Crippen LogP contribution in [0.4, 0.5) is 0 Å². The number of fused-ring (bicyclic) bond motifs is 3. The fraction of sp³-hybridized carbons (Fsp3) is 0.636. The molecule has 0 radical (unpaired) electrons. The summed E-state index contributed by atoms with van der Waals surface area (Å²) in [4.78, 5) is 50.0. The van der Waals surface area contributed by atoms with Crippen molar-refractivity contribution in [3.05, 3.63) is 23.8 Å². The van der Waals surface area contributed by atoms with Crippen molar-refractivity contribution in [3.8, 4) is 0 Å². The Morgan fingerprint density at radius 3 is 2.50 bits per heavy atom. The largest absolute Gasteiger partial charge is 0.466 e. The zero-order valence-electron chi connectivity index (χ0n) is 18.4. The van der Waals surface area contributed by atoms with E-state index in [0.29, 0.717) is 12.8 Å². The molecule has 174 valence electrons. The molecular weight excluding hydrogens is 424 g/mol. The summed E-state index contributed by atoms with van der Waals surface area (Å²) in [5, 5.41) is 0. The Kier molecular flexibility index (Phi) is 5.41. The average Bonchev–Trinajstić information content (AvgIpc) is 3.61. The van der Waals surface area contributed by atoms with Crippen molar-refractivity contribution in [2.45, 2.75) is 69.2 Å². The molecular formula is C22H26O10. The van der Waals surface area contributed by atoms with E-state index in [1.54, 1.807) is 13.0 Å². The summed E-state index contributed by atoms with van der Waals surface area (Å²) in [5.74, 6) is -3.77. The van der Waals surface area contributed by atoms with Crippen molar-refractivity contribution < 1.29 is 47.6 Å². The number of hydrogen-bond donors (Lipinski definition) is 0. The lowest BCUT2D eigenvalue weighted by atomic mass is 9.80.